The van der Waals surface area contributed by atoms with E-state index in [1.165, 1.54) is 11.8 Å². The average molecular weight is 171 g/mol. The van der Waals surface area contributed by atoms with Gasteiger partial charge in [-0.2, -0.15) is 0 Å². The van der Waals surface area contributed by atoms with Crippen molar-refractivity contribution in [2.45, 2.75) is 31.7 Å². The maximum absolute atomic E-state index is 11.0. The number of carboxylic acid groups (broad SMARTS) is 1. The van der Waals surface area contributed by atoms with Gasteiger partial charge in [-0.1, -0.05) is 0 Å². The van der Waals surface area contributed by atoms with E-state index in [0.29, 0.717) is 12.8 Å². The van der Waals surface area contributed by atoms with Crippen LogP contribution in [-0.2, 0) is 9.59 Å². The summed E-state index contributed by atoms with van der Waals surface area (Å²) in [5.41, 5.74) is -0.897. The third-order valence-electron chi connectivity index (χ3n) is 2.69. The number of hydrogen-bond acceptors (Lipinski definition) is 2. The van der Waals surface area contributed by atoms with E-state index in [4.69, 9.17) is 5.11 Å². The van der Waals surface area contributed by atoms with Crippen molar-refractivity contribution in [1.82, 2.24) is 4.90 Å². The maximum atomic E-state index is 11.0. The molecule has 1 aliphatic carbocycles. The number of hydrogen-bond donors (Lipinski definition) is 1. The van der Waals surface area contributed by atoms with Crippen LogP contribution in [0.1, 0.15) is 26.2 Å². The Morgan fingerprint density at radius 3 is 2.00 bits per heavy atom. The standard InChI is InChI=1S/C8H13NO3/c1-6(10)9(2)8(7(11)12)4-3-5-8/h3-5H2,1-2H3,(H,11,12). The molecule has 1 amide bonds. The normalized spacial score (nSPS) is 19.5. The predicted octanol–water partition coefficient (Wildman–Crippen LogP) is 0.472. The molecule has 1 rings (SSSR count). The maximum Gasteiger partial charge on any atom is 0.329 e. The molecule has 12 heavy (non-hydrogen) atoms. The van der Waals surface area contributed by atoms with Gasteiger partial charge in [-0.05, 0) is 19.3 Å². The number of rotatable bonds is 2. The molecule has 1 N–H and O–H groups in total. The highest BCUT2D eigenvalue weighted by Crippen LogP contribution is 2.37. The molecule has 1 aliphatic rings. The summed E-state index contributed by atoms with van der Waals surface area (Å²) in [5, 5.41) is 8.91. The SMILES string of the molecule is CC(=O)N(C)C1(C(=O)O)CCC1. The fraction of sp³-hybridized carbons (Fsp3) is 0.750. The average Bonchev–Trinajstić information content (AvgIpc) is 1.83. The molecule has 0 unspecified atom stereocenters. The van der Waals surface area contributed by atoms with Crippen molar-refractivity contribution < 1.29 is 14.7 Å². The molecule has 0 heterocycles. The Balaban J connectivity index is 2.80. The van der Waals surface area contributed by atoms with Crippen molar-refractivity contribution >= 4 is 11.9 Å². The van der Waals surface area contributed by atoms with Gasteiger partial charge in [0, 0.05) is 14.0 Å². The van der Waals surface area contributed by atoms with Gasteiger partial charge in [-0.25, -0.2) is 4.79 Å². The van der Waals surface area contributed by atoms with Crippen LogP contribution in [0.15, 0.2) is 0 Å². The lowest BCUT2D eigenvalue weighted by Gasteiger charge is -2.44. The quantitative estimate of drug-likeness (QED) is 0.657. The molecule has 0 radical (unpaired) electrons. The van der Waals surface area contributed by atoms with Crippen LogP contribution in [0.4, 0.5) is 0 Å². The second-order valence-electron chi connectivity index (χ2n) is 3.27. The Morgan fingerprint density at radius 2 is 1.92 bits per heavy atom. The Bertz CT molecular complexity index is 220. The zero-order valence-electron chi connectivity index (χ0n) is 7.33. The first-order valence-corrected chi connectivity index (χ1v) is 3.98. The highest BCUT2D eigenvalue weighted by atomic mass is 16.4. The first-order valence-electron chi connectivity index (χ1n) is 3.98. The minimum atomic E-state index is -0.897. The molecule has 0 bridgehead atoms. The van der Waals surface area contributed by atoms with Gasteiger partial charge < -0.3 is 10.0 Å². The van der Waals surface area contributed by atoms with Gasteiger partial charge in [0.2, 0.25) is 5.91 Å². The first-order chi connectivity index (χ1) is 5.50. The van der Waals surface area contributed by atoms with Crippen LogP contribution < -0.4 is 0 Å². The second-order valence-corrected chi connectivity index (χ2v) is 3.27. The lowest BCUT2D eigenvalue weighted by atomic mass is 9.75. The third kappa shape index (κ3) is 1.07. The minimum absolute atomic E-state index is 0.183. The minimum Gasteiger partial charge on any atom is -0.479 e. The molecule has 0 spiro atoms. The molecular formula is C8H13NO3. The molecule has 68 valence electrons. The topological polar surface area (TPSA) is 57.6 Å². The molecule has 1 fully saturated rings. The summed E-state index contributed by atoms with van der Waals surface area (Å²) in [6, 6.07) is 0. The molecule has 0 aromatic carbocycles. The van der Waals surface area contributed by atoms with E-state index in [1.807, 2.05) is 0 Å². The van der Waals surface area contributed by atoms with Crippen LogP contribution in [0.2, 0.25) is 0 Å². The van der Waals surface area contributed by atoms with Crippen molar-refractivity contribution in [3.8, 4) is 0 Å². The number of likely N-dealkylation sites (N-methyl/N-ethyl adjacent to an activating group) is 1. The number of aliphatic carboxylic acids is 1. The van der Waals surface area contributed by atoms with E-state index in [0.717, 1.165) is 6.42 Å². The Labute approximate surface area is 71.2 Å². The fourth-order valence-electron chi connectivity index (χ4n) is 1.51. The number of amides is 1. The van der Waals surface area contributed by atoms with Gasteiger partial charge in [-0.15, -0.1) is 0 Å². The van der Waals surface area contributed by atoms with Gasteiger partial charge in [0.25, 0.3) is 0 Å². The highest BCUT2D eigenvalue weighted by Gasteiger charge is 2.48. The van der Waals surface area contributed by atoms with Gasteiger partial charge in [0.05, 0.1) is 0 Å². The summed E-state index contributed by atoms with van der Waals surface area (Å²) in [5.74, 6) is -1.07. The van der Waals surface area contributed by atoms with Crippen molar-refractivity contribution in [2.75, 3.05) is 7.05 Å². The lowest BCUT2D eigenvalue weighted by molar-refractivity contribution is -0.163. The van der Waals surface area contributed by atoms with Crippen molar-refractivity contribution in [1.29, 1.82) is 0 Å². The monoisotopic (exact) mass is 171 g/mol. The van der Waals surface area contributed by atoms with E-state index >= 15 is 0 Å². The van der Waals surface area contributed by atoms with E-state index < -0.39 is 11.5 Å². The predicted molar refractivity (Wildman–Crippen MR) is 42.7 cm³/mol. The second kappa shape index (κ2) is 2.77. The van der Waals surface area contributed by atoms with Crippen LogP contribution in [0.5, 0.6) is 0 Å². The summed E-state index contributed by atoms with van der Waals surface area (Å²) < 4.78 is 0. The molecule has 0 atom stereocenters. The number of carbonyl (C=O) groups is 2. The molecular weight excluding hydrogens is 158 g/mol. The molecule has 0 aromatic heterocycles. The van der Waals surface area contributed by atoms with E-state index in [1.54, 1.807) is 7.05 Å². The molecule has 4 nitrogen and oxygen atoms in total. The lowest BCUT2D eigenvalue weighted by Crippen LogP contribution is -2.59. The Kier molecular flexibility index (Phi) is 2.08. The number of carboxylic acids is 1. The third-order valence-corrected chi connectivity index (χ3v) is 2.69. The smallest absolute Gasteiger partial charge is 0.329 e. The van der Waals surface area contributed by atoms with E-state index in [9.17, 15) is 9.59 Å². The van der Waals surface area contributed by atoms with Crippen molar-refractivity contribution in [2.24, 2.45) is 0 Å². The van der Waals surface area contributed by atoms with Gasteiger partial charge in [0.15, 0.2) is 0 Å². The van der Waals surface area contributed by atoms with Crippen LogP contribution >= 0.6 is 0 Å². The van der Waals surface area contributed by atoms with Gasteiger partial charge in [0.1, 0.15) is 5.54 Å². The summed E-state index contributed by atoms with van der Waals surface area (Å²) in [6.07, 6.45) is 2.06. The van der Waals surface area contributed by atoms with Crippen molar-refractivity contribution in [3.63, 3.8) is 0 Å². The summed E-state index contributed by atoms with van der Waals surface area (Å²) in [4.78, 5) is 23.1. The number of nitrogens with zero attached hydrogens (tertiary/aromatic N) is 1. The fourth-order valence-corrected chi connectivity index (χ4v) is 1.51. The zero-order valence-corrected chi connectivity index (χ0v) is 7.33. The highest BCUT2D eigenvalue weighted by molar-refractivity contribution is 5.86. The molecule has 0 aliphatic heterocycles. The molecule has 1 saturated carbocycles. The summed E-state index contributed by atoms with van der Waals surface area (Å²) >= 11 is 0. The molecule has 0 saturated heterocycles. The van der Waals surface area contributed by atoms with Crippen LogP contribution in [-0.4, -0.2) is 34.5 Å². The first kappa shape index (κ1) is 9.03. The summed E-state index contributed by atoms with van der Waals surface area (Å²) in [6.45, 7) is 1.39. The molecule has 0 aromatic rings. The zero-order chi connectivity index (χ0) is 9.35. The largest absolute Gasteiger partial charge is 0.479 e. The Morgan fingerprint density at radius 1 is 1.42 bits per heavy atom. The van der Waals surface area contributed by atoms with Crippen molar-refractivity contribution in [3.05, 3.63) is 0 Å². The Hall–Kier alpha value is -1.06. The van der Waals surface area contributed by atoms with E-state index in [-0.39, 0.29) is 5.91 Å². The van der Waals surface area contributed by atoms with Crippen LogP contribution in [0, 0.1) is 0 Å². The van der Waals surface area contributed by atoms with E-state index in [2.05, 4.69) is 0 Å². The summed E-state index contributed by atoms with van der Waals surface area (Å²) in [7, 11) is 1.55. The van der Waals surface area contributed by atoms with Crippen LogP contribution in [0.3, 0.4) is 0 Å². The van der Waals surface area contributed by atoms with Gasteiger partial charge >= 0.3 is 5.97 Å². The van der Waals surface area contributed by atoms with Gasteiger partial charge in [-0.3, -0.25) is 4.79 Å². The number of carbonyl (C=O) groups excluding carboxylic acids is 1. The molecule has 4 heteroatoms. The van der Waals surface area contributed by atoms with Crippen LogP contribution in [0.25, 0.3) is 0 Å².